The molecule has 4 aromatic carbocycles. The standard InChI is InChI=1S/C31H21N5O/c1-3-16-29-26(13-1)27-14-2-4-17-30(27)36(29)31-21-35(34-33-31)23-10-8-12-25(20-23)37-24-11-7-9-22(19-24)28-15-5-6-18-32-28/h1-21H. The highest BCUT2D eigenvalue weighted by Crippen LogP contribution is 2.32. The van der Waals surface area contributed by atoms with Crippen LogP contribution in [0.5, 0.6) is 11.5 Å². The maximum absolute atomic E-state index is 6.20. The van der Waals surface area contributed by atoms with Crippen molar-refractivity contribution < 1.29 is 4.74 Å². The predicted octanol–water partition coefficient (Wildman–Crippen LogP) is 7.22. The fraction of sp³-hybridized carbons (Fsp3) is 0. The second kappa shape index (κ2) is 8.77. The Balaban J connectivity index is 1.22. The molecule has 0 aliphatic heterocycles. The molecule has 37 heavy (non-hydrogen) atoms. The topological polar surface area (TPSA) is 57.8 Å². The molecule has 0 spiro atoms. The van der Waals surface area contributed by atoms with Crippen LogP contribution in [0.3, 0.4) is 0 Å². The van der Waals surface area contributed by atoms with E-state index < -0.39 is 0 Å². The summed E-state index contributed by atoms with van der Waals surface area (Å²) in [7, 11) is 0. The molecule has 7 rings (SSSR count). The van der Waals surface area contributed by atoms with Gasteiger partial charge in [0.05, 0.1) is 28.6 Å². The lowest BCUT2D eigenvalue weighted by atomic mass is 10.1. The van der Waals surface area contributed by atoms with Gasteiger partial charge in [-0.15, -0.1) is 5.10 Å². The van der Waals surface area contributed by atoms with Gasteiger partial charge >= 0.3 is 0 Å². The minimum Gasteiger partial charge on any atom is -0.457 e. The molecule has 0 amide bonds. The zero-order chi connectivity index (χ0) is 24.6. The fourth-order valence-corrected chi connectivity index (χ4v) is 4.73. The average Bonchev–Trinajstić information content (AvgIpc) is 3.57. The first-order chi connectivity index (χ1) is 18.3. The van der Waals surface area contributed by atoms with Crippen molar-refractivity contribution in [3.63, 3.8) is 0 Å². The van der Waals surface area contributed by atoms with Crippen molar-refractivity contribution in [1.82, 2.24) is 24.5 Å². The molecule has 0 aliphatic rings. The van der Waals surface area contributed by atoms with E-state index in [9.17, 15) is 0 Å². The summed E-state index contributed by atoms with van der Waals surface area (Å²) in [5.74, 6) is 2.21. The maximum atomic E-state index is 6.20. The molecule has 0 unspecified atom stereocenters. The van der Waals surface area contributed by atoms with E-state index in [4.69, 9.17) is 4.74 Å². The predicted molar refractivity (Wildman–Crippen MR) is 145 cm³/mol. The summed E-state index contributed by atoms with van der Waals surface area (Å²) >= 11 is 0. The van der Waals surface area contributed by atoms with Gasteiger partial charge < -0.3 is 4.74 Å². The van der Waals surface area contributed by atoms with Crippen molar-refractivity contribution in [2.24, 2.45) is 0 Å². The molecule has 3 heterocycles. The molecule has 0 N–H and O–H groups in total. The van der Waals surface area contributed by atoms with E-state index in [1.54, 1.807) is 10.9 Å². The van der Waals surface area contributed by atoms with Crippen LogP contribution in [-0.2, 0) is 0 Å². The van der Waals surface area contributed by atoms with Crippen LogP contribution >= 0.6 is 0 Å². The minimum atomic E-state index is 0.713. The van der Waals surface area contributed by atoms with Crippen LogP contribution < -0.4 is 4.74 Å². The third-order valence-corrected chi connectivity index (χ3v) is 6.40. The Morgan fingerprint density at radius 3 is 2.08 bits per heavy atom. The van der Waals surface area contributed by atoms with Gasteiger partial charge in [0.2, 0.25) is 0 Å². The van der Waals surface area contributed by atoms with Crippen LogP contribution in [0.1, 0.15) is 0 Å². The summed E-state index contributed by atoms with van der Waals surface area (Å²) in [6.07, 6.45) is 3.73. The lowest BCUT2D eigenvalue weighted by Gasteiger charge is -2.09. The summed E-state index contributed by atoms with van der Waals surface area (Å²) in [6.45, 7) is 0. The highest BCUT2D eigenvalue weighted by molar-refractivity contribution is 6.09. The van der Waals surface area contributed by atoms with Crippen LogP contribution in [0.25, 0.3) is 44.6 Å². The number of ether oxygens (including phenoxy) is 1. The van der Waals surface area contributed by atoms with Gasteiger partial charge in [0.15, 0.2) is 5.82 Å². The molecule has 7 aromatic rings. The lowest BCUT2D eigenvalue weighted by Crippen LogP contribution is -1.95. The second-order valence-electron chi connectivity index (χ2n) is 8.73. The van der Waals surface area contributed by atoms with E-state index in [0.717, 1.165) is 39.5 Å². The third-order valence-electron chi connectivity index (χ3n) is 6.40. The summed E-state index contributed by atoms with van der Waals surface area (Å²) < 4.78 is 10.1. The highest BCUT2D eigenvalue weighted by atomic mass is 16.5. The second-order valence-corrected chi connectivity index (χ2v) is 8.73. The highest BCUT2D eigenvalue weighted by Gasteiger charge is 2.14. The van der Waals surface area contributed by atoms with Gasteiger partial charge in [-0.1, -0.05) is 65.9 Å². The molecule has 0 radical (unpaired) electrons. The molecule has 6 heteroatoms. The van der Waals surface area contributed by atoms with E-state index >= 15 is 0 Å². The molecule has 0 aliphatic carbocycles. The first kappa shape index (κ1) is 21.1. The van der Waals surface area contributed by atoms with Crippen LogP contribution in [0.15, 0.2) is 128 Å². The molecule has 0 saturated carbocycles. The van der Waals surface area contributed by atoms with Gasteiger partial charge in [0, 0.05) is 28.6 Å². The van der Waals surface area contributed by atoms with Gasteiger partial charge in [0.1, 0.15) is 11.5 Å². The zero-order valence-electron chi connectivity index (χ0n) is 19.8. The number of pyridine rings is 1. The molecule has 6 nitrogen and oxygen atoms in total. The van der Waals surface area contributed by atoms with Gasteiger partial charge in [-0.25, -0.2) is 4.68 Å². The smallest absolute Gasteiger partial charge is 0.180 e. The maximum Gasteiger partial charge on any atom is 0.180 e. The minimum absolute atomic E-state index is 0.713. The van der Waals surface area contributed by atoms with Gasteiger partial charge in [-0.05, 0) is 48.5 Å². The van der Waals surface area contributed by atoms with Crippen molar-refractivity contribution in [1.29, 1.82) is 0 Å². The monoisotopic (exact) mass is 479 g/mol. The lowest BCUT2D eigenvalue weighted by molar-refractivity contribution is 0.482. The summed E-state index contributed by atoms with van der Waals surface area (Å²) in [5, 5.41) is 11.3. The van der Waals surface area contributed by atoms with Gasteiger partial charge in [0.25, 0.3) is 0 Å². The van der Waals surface area contributed by atoms with Crippen LogP contribution in [-0.4, -0.2) is 24.5 Å². The molecular formula is C31H21N5O. The van der Waals surface area contributed by atoms with Crippen molar-refractivity contribution in [3.05, 3.63) is 128 Å². The molecule has 0 saturated heterocycles. The Morgan fingerprint density at radius 2 is 1.32 bits per heavy atom. The first-order valence-electron chi connectivity index (χ1n) is 12.0. The van der Waals surface area contributed by atoms with Gasteiger partial charge in [-0.2, -0.15) is 0 Å². The van der Waals surface area contributed by atoms with Crippen molar-refractivity contribution in [2.45, 2.75) is 0 Å². The van der Waals surface area contributed by atoms with Crippen molar-refractivity contribution in [2.75, 3.05) is 0 Å². The van der Waals surface area contributed by atoms with Crippen LogP contribution in [0, 0.1) is 0 Å². The number of aromatic nitrogens is 5. The Labute approximate surface area is 213 Å². The Kier molecular flexibility index (Phi) is 5.00. The normalized spacial score (nSPS) is 11.2. The Hall–Kier alpha value is -5.23. The largest absolute Gasteiger partial charge is 0.457 e. The average molecular weight is 480 g/mol. The Bertz CT molecular complexity index is 1820. The SMILES string of the molecule is c1ccc(-c2cccc(Oc3cccc(-n4cc(-n5c6ccccc6c6ccccc65)nn4)c3)c2)nc1. The molecule has 0 bridgehead atoms. The van der Waals surface area contributed by atoms with E-state index in [-0.39, 0.29) is 0 Å². The number of para-hydroxylation sites is 2. The summed E-state index contributed by atoms with van der Waals surface area (Å²) in [4.78, 5) is 4.44. The number of hydrogen-bond acceptors (Lipinski definition) is 4. The number of fused-ring (bicyclic) bond motifs is 3. The Morgan fingerprint density at radius 1 is 0.622 bits per heavy atom. The molecule has 3 aromatic heterocycles. The molecule has 176 valence electrons. The third kappa shape index (κ3) is 3.81. The van der Waals surface area contributed by atoms with Crippen LogP contribution in [0.4, 0.5) is 0 Å². The van der Waals surface area contributed by atoms with Crippen LogP contribution in [0.2, 0.25) is 0 Å². The van der Waals surface area contributed by atoms with Crippen molar-refractivity contribution >= 4 is 21.8 Å². The first-order valence-corrected chi connectivity index (χ1v) is 12.0. The molecule has 0 atom stereocenters. The fourth-order valence-electron chi connectivity index (χ4n) is 4.73. The van der Waals surface area contributed by atoms with E-state index in [2.05, 4.69) is 56.3 Å². The molecule has 0 fully saturated rings. The quantitative estimate of drug-likeness (QED) is 0.262. The van der Waals surface area contributed by atoms with E-state index in [1.165, 1.54) is 10.8 Å². The number of rotatable bonds is 5. The van der Waals surface area contributed by atoms with E-state index in [1.807, 2.05) is 85.1 Å². The number of nitrogens with zero attached hydrogens (tertiary/aromatic N) is 5. The van der Waals surface area contributed by atoms with Gasteiger partial charge in [-0.3, -0.25) is 9.55 Å². The van der Waals surface area contributed by atoms with E-state index in [0.29, 0.717) is 5.75 Å². The number of hydrogen-bond donors (Lipinski definition) is 0. The van der Waals surface area contributed by atoms with Crippen molar-refractivity contribution in [3.8, 4) is 34.3 Å². The number of benzene rings is 4. The molecular weight excluding hydrogens is 458 g/mol. The summed E-state index contributed by atoms with van der Waals surface area (Å²) in [5.41, 5.74) is 4.96. The summed E-state index contributed by atoms with van der Waals surface area (Å²) in [6, 6.07) is 38.4. The zero-order valence-corrected chi connectivity index (χ0v) is 19.8.